The maximum atomic E-state index is 13.3. The van der Waals surface area contributed by atoms with Gasteiger partial charge >= 0.3 is 0 Å². The summed E-state index contributed by atoms with van der Waals surface area (Å²) >= 11 is 0. The molecule has 0 aliphatic carbocycles. The molecule has 0 saturated carbocycles. The molecule has 1 unspecified atom stereocenters. The van der Waals surface area contributed by atoms with Crippen LogP contribution in [0.4, 0.5) is 4.39 Å². The first-order chi connectivity index (χ1) is 12.0. The maximum absolute atomic E-state index is 13.3. The summed E-state index contributed by atoms with van der Waals surface area (Å²) in [5.41, 5.74) is 8.41. The number of carbonyl (C=O) groups is 1. The zero-order valence-electron chi connectivity index (χ0n) is 14.6. The Morgan fingerprint density at radius 3 is 2.68 bits per heavy atom. The summed E-state index contributed by atoms with van der Waals surface area (Å²) in [7, 11) is 0. The van der Waals surface area contributed by atoms with Gasteiger partial charge in [-0.1, -0.05) is 49.4 Å². The van der Waals surface area contributed by atoms with Gasteiger partial charge in [-0.25, -0.2) is 4.39 Å². The van der Waals surface area contributed by atoms with Gasteiger partial charge in [0.15, 0.2) is 0 Å². The standard InChI is InChI=1S/C21H25FN2O/c1-15(10-11-16-6-5-9-18(22)12-16)21(25)24-13-19(20(23)14-24)17-7-3-2-4-8-17/h2-9,12,15,19-20H,10-11,13-14,23H2,1H3/t15?,19-,20+/m0/s1. The average Bonchev–Trinajstić information content (AvgIpc) is 3.01. The van der Waals surface area contributed by atoms with Crippen molar-refractivity contribution in [1.29, 1.82) is 0 Å². The fraction of sp³-hybridized carbons (Fsp3) is 0.381. The van der Waals surface area contributed by atoms with Crippen LogP contribution in [-0.4, -0.2) is 29.9 Å². The molecule has 132 valence electrons. The van der Waals surface area contributed by atoms with Gasteiger partial charge in [0.25, 0.3) is 0 Å². The van der Waals surface area contributed by atoms with Gasteiger partial charge in [-0.15, -0.1) is 0 Å². The first-order valence-corrected chi connectivity index (χ1v) is 8.88. The highest BCUT2D eigenvalue weighted by atomic mass is 19.1. The van der Waals surface area contributed by atoms with Crippen LogP contribution >= 0.6 is 0 Å². The summed E-state index contributed by atoms with van der Waals surface area (Å²) in [6, 6.07) is 16.7. The number of nitrogens with zero attached hydrogens (tertiary/aromatic N) is 1. The molecule has 1 aliphatic heterocycles. The second-order valence-corrected chi connectivity index (χ2v) is 6.99. The molecule has 0 bridgehead atoms. The molecule has 4 heteroatoms. The molecule has 0 aromatic heterocycles. The highest BCUT2D eigenvalue weighted by Gasteiger charge is 2.35. The maximum Gasteiger partial charge on any atom is 0.225 e. The predicted octanol–water partition coefficient (Wildman–Crippen LogP) is 3.35. The number of benzene rings is 2. The highest BCUT2D eigenvalue weighted by Crippen LogP contribution is 2.28. The van der Waals surface area contributed by atoms with Crippen molar-refractivity contribution < 1.29 is 9.18 Å². The van der Waals surface area contributed by atoms with Gasteiger partial charge < -0.3 is 10.6 Å². The minimum absolute atomic E-state index is 0.0261. The largest absolute Gasteiger partial charge is 0.340 e. The van der Waals surface area contributed by atoms with Crippen LogP contribution in [0.1, 0.15) is 30.4 Å². The Morgan fingerprint density at radius 2 is 1.96 bits per heavy atom. The number of halogens is 1. The Labute approximate surface area is 148 Å². The van der Waals surface area contributed by atoms with E-state index < -0.39 is 0 Å². The molecule has 1 fully saturated rings. The Kier molecular flexibility index (Phi) is 5.49. The molecule has 1 heterocycles. The molecule has 3 rings (SSSR count). The Hall–Kier alpha value is -2.20. The second kappa shape index (κ2) is 7.79. The fourth-order valence-electron chi connectivity index (χ4n) is 3.57. The van der Waals surface area contributed by atoms with Crippen LogP contribution < -0.4 is 5.73 Å². The van der Waals surface area contributed by atoms with Crippen molar-refractivity contribution in [3.8, 4) is 0 Å². The van der Waals surface area contributed by atoms with E-state index in [1.807, 2.05) is 36.1 Å². The first-order valence-electron chi connectivity index (χ1n) is 8.88. The van der Waals surface area contributed by atoms with E-state index >= 15 is 0 Å². The van der Waals surface area contributed by atoms with Crippen LogP contribution in [-0.2, 0) is 11.2 Å². The van der Waals surface area contributed by atoms with Gasteiger partial charge in [-0.05, 0) is 36.1 Å². The number of carbonyl (C=O) groups excluding carboxylic acids is 1. The molecular weight excluding hydrogens is 315 g/mol. The van der Waals surface area contributed by atoms with Crippen molar-refractivity contribution in [2.24, 2.45) is 11.7 Å². The van der Waals surface area contributed by atoms with E-state index in [-0.39, 0.29) is 29.6 Å². The highest BCUT2D eigenvalue weighted by molar-refractivity contribution is 5.79. The van der Waals surface area contributed by atoms with Crippen LogP contribution in [0.2, 0.25) is 0 Å². The summed E-state index contributed by atoms with van der Waals surface area (Å²) in [5, 5.41) is 0. The summed E-state index contributed by atoms with van der Waals surface area (Å²) in [5.74, 6) is 0.0172. The van der Waals surface area contributed by atoms with Crippen molar-refractivity contribution in [1.82, 2.24) is 4.90 Å². The number of hydrogen-bond acceptors (Lipinski definition) is 2. The number of rotatable bonds is 5. The summed E-state index contributed by atoms with van der Waals surface area (Å²) in [6.45, 7) is 3.22. The normalized spacial score (nSPS) is 21.3. The zero-order chi connectivity index (χ0) is 17.8. The minimum Gasteiger partial charge on any atom is -0.340 e. The lowest BCUT2D eigenvalue weighted by Gasteiger charge is -2.21. The monoisotopic (exact) mass is 340 g/mol. The van der Waals surface area contributed by atoms with E-state index in [4.69, 9.17) is 5.73 Å². The van der Waals surface area contributed by atoms with Crippen molar-refractivity contribution in [3.05, 3.63) is 71.5 Å². The van der Waals surface area contributed by atoms with Crippen molar-refractivity contribution in [3.63, 3.8) is 0 Å². The molecule has 3 atom stereocenters. The van der Waals surface area contributed by atoms with E-state index in [0.717, 1.165) is 5.56 Å². The second-order valence-electron chi connectivity index (χ2n) is 6.99. The third-order valence-corrected chi connectivity index (χ3v) is 5.08. The first kappa shape index (κ1) is 17.6. The molecule has 0 spiro atoms. The van der Waals surface area contributed by atoms with Crippen LogP contribution in [0.25, 0.3) is 0 Å². The molecule has 2 aromatic rings. The van der Waals surface area contributed by atoms with E-state index in [2.05, 4.69) is 12.1 Å². The molecule has 3 nitrogen and oxygen atoms in total. The summed E-state index contributed by atoms with van der Waals surface area (Å²) in [6.07, 6.45) is 1.41. The van der Waals surface area contributed by atoms with Gasteiger partial charge in [0.2, 0.25) is 5.91 Å². The van der Waals surface area contributed by atoms with Gasteiger partial charge in [-0.3, -0.25) is 4.79 Å². The summed E-state index contributed by atoms with van der Waals surface area (Å²) < 4.78 is 13.3. The van der Waals surface area contributed by atoms with Gasteiger partial charge in [0.05, 0.1) is 0 Å². The third-order valence-electron chi connectivity index (χ3n) is 5.08. The SMILES string of the molecule is CC(CCc1cccc(F)c1)C(=O)N1C[C@@H](N)[C@H](c2ccccc2)C1. The third kappa shape index (κ3) is 4.26. The van der Waals surface area contributed by atoms with E-state index in [1.165, 1.54) is 17.7 Å². The fourth-order valence-corrected chi connectivity index (χ4v) is 3.57. The molecule has 1 amide bonds. The predicted molar refractivity (Wildman–Crippen MR) is 97.6 cm³/mol. The number of likely N-dealkylation sites (tertiary alicyclic amines) is 1. The lowest BCUT2D eigenvalue weighted by atomic mass is 9.95. The van der Waals surface area contributed by atoms with E-state index in [0.29, 0.717) is 25.9 Å². The molecule has 1 saturated heterocycles. The van der Waals surface area contributed by atoms with Gasteiger partial charge in [0, 0.05) is 31.0 Å². The van der Waals surface area contributed by atoms with Crippen molar-refractivity contribution in [2.45, 2.75) is 31.7 Å². The molecule has 0 radical (unpaired) electrons. The van der Waals surface area contributed by atoms with Crippen LogP contribution in [0.3, 0.4) is 0 Å². The van der Waals surface area contributed by atoms with Crippen molar-refractivity contribution >= 4 is 5.91 Å². The lowest BCUT2D eigenvalue weighted by molar-refractivity contribution is -0.134. The topological polar surface area (TPSA) is 46.3 Å². The van der Waals surface area contributed by atoms with Crippen LogP contribution in [0.15, 0.2) is 54.6 Å². The summed E-state index contributed by atoms with van der Waals surface area (Å²) in [4.78, 5) is 14.6. The molecular formula is C21H25FN2O. The van der Waals surface area contributed by atoms with Gasteiger partial charge in [0.1, 0.15) is 5.82 Å². The quantitative estimate of drug-likeness (QED) is 0.907. The number of hydrogen-bond donors (Lipinski definition) is 1. The molecule has 2 N–H and O–H groups in total. The smallest absolute Gasteiger partial charge is 0.225 e. The van der Waals surface area contributed by atoms with E-state index in [1.54, 1.807) is 6.07 Å². The lowest BCUT2D eigenvalue weighted by Crippen LogP contribution is -2.35. The Balaban J connectivity index is 1.57. The Morgan fingerprint density at radius 1 is 1.20 bits per heavy atom. The average molecular weight is 340 g/mol. The zero-order valence-corrected chi connectivity index (χ0v) is 14.6. The van der Waals surface area contributed by atoms with Crippen LogP contribution in [0, 0.1) is 11.7 Å². The Bertz CT molecular complexity index is 719. The van der Waals surface area contributed by atoms with E-state index in [9.17, 15) is 9.18 Å². The van der Waals surface area contributed by atoms with Crippen LogP contribution in [0.5, 0.6) is 0 Å². The number of amides is 1. The molecule has 25 heavy (non-hydrogen) atoms. The van der Waals surface area contributed by atoms with Gasteiger partial charge in [-0.2, -0.15) is 0 Å². The van der Waals surface area contributed by atoms with Crippen molar-refractivity contribution in [2.75, 3.05) is 13.1 Å². The number of aryl methyl sites for hydroxylation is 1. The number of nitrogens with two attached hydrogens (primary N) is 1. The molecule has 2 aromatic carbocycles. The minimum atomic E-state index is -0.229. The molecule has 1 aliphatic rings.